The molecule has 0 spiro atoms. The molecular formula is C18H18N2O3. The summed E-state index contributed by atoms with van der Waals surface area (Å²) in [6.07, 6.45) is 1.24. The lowest BCUT2D eigenvalue weighted by Gasteiger charge is -2.11. The minimum Gasteiger partial charge on any atom is -0.368 e. The van der Waals surface area contributed by atoms with E-state index in [1.165, 1.54) is 0 Å². The number of hydrogen-bond donors (Lipinski definition) is 2. The first-order chi connectivity index (χ1) is 11.2. The first-order valence-electron chi connectivity index (χ1n) is 7.61. The number of rotatable bonds is 4. The van der Waals surface area contributed by atoms with Crippen molar-refractivity contribution in [3.63, 3.8) is 0 Å². The number of carbonyl (C=O) groups excluding carboxylic acids is 2. The SMILES string of the molecule is O=C(Nc1ccccc1)c1cccc(NC(=O)C2CCCO2)c1. The summed E-state index contributed by atoms with van der Waals surface area (Å²) in [6, 6.07) is 16.1. The molecule has 1 aliphatic heterocycles. The molecule has 5 nitrogen and oxygen atoms in total. The molecule has 5 heteroatoms. The highest BCUT2D eigenvalue weighted by Gasteiger charge is 2.23. The molecule has 0 bridgehead atoms. The van der Waals surface area contributed by atoms with Crippen LogP contribution in [-0.4, -0.2) is 24.5 Å². The molecule has 1 fully saturated rings. The minimum atomic E-state index is -0.392. The molecule has 23 heavy (non-hydrogen) atoms. The van der Waals surface area contributed by atoms with E-state index in [9.17, 15) is 9.59 Å². The summed E-state index contributed by atoms with van der Waals surface area (Å²) in [7, 11) is 0. The quantitative estimate of drug-likeness (QED) is 0.912. The fourth-order valence-electron chi connectivity index (χ4n) is 2.47. The van der Waals surface area contributed by atoms with E-state index >= 15 is 0 Å². The monoisotopic (exact) mass is 310 g/mol. The molecule has 2 aromatic carbocycles. The molecule has 2 amide bonds. The van der Waals surface area contributed by atoms with Crippen molar-refractivity contribution in [2.45, 2.75) is 18.9 Å². The Morgan fingerprint density at radius 3 is 2.48 bits per heavy atom. The average Bonchev–Trinajstić information content (AvgIpc) is 3.11. The van der Waals surface area contributed by atoms with Crippen LogP contribution in [0.1, 0.15) is 23.2 Å². The van der Waals surface area contributed by atoms with E-state index in [-0.39, 0.29) is 11.8 Å². The van der Waals surface area contributed by atoms with Crippen molar-refractivity contribution in [2.24, 2.45) is 0 Å². The second-order valence-corrected chi connectivity index (χ2v) is 5.39. The maximum absolute atomic E-state index is 12.3. The van der Waals surface area contributed by atoms with Crippen LogP contribution >= 0.6 is 0 Å². The summed E-state index contributed by atoms with van der Waals surface area (Å²) in [5.74, 6) is -0.382. The third-order valence-electron chi connectivity index (χ3n) is 3.65. The van der Waals surface area contributed by atoms with Crippen LogP contribution in [0, 0.1) is 0 Å². The molecule has 1 aliphatic rings. The Hall–Kier alpha value is -2.66. The number of carbonyl (C=O) groups is 2. The van der Waals surface area contributed by atoms with E-state index < -0.39 is 6.10 Å². The summed E-state index contributed by atoms with van der Waals surface area (Å²) >= 11 is 0. The molecule has 118 valence electrons. The Morgan fingerprint density at radius 2 is 1.74 bits per heavy atom. The van der Waals surface area contributed by atoms with E-state index in [1.807, 2.05) is 30.3 Å². The topological polar surface area (TPSA) is 67.4 Å². The van der Waals surface area contributed by atoms with Crippen LogP contribution in [-0.2, 0) is 9.53 Å². The van der Waals surface area contributed by atoms with Crippen molar-refractivity contribution in [1.82, 2.24) is 0 Å². The Kier molecular flexibility index (Phi) is 4.68. The third-order valence-corrected chi connectivity index (χ3v) is 3.65. The van der Waals surface area contributed by atoms with Crippen LogP contribution in [0.25, 0.3) is 0 Å². The van der Waals surface area contributed by atoms with Crippen molar-refractivity contribution < 1.29 is 14.3 Å². The highest BCUT2D eigenvalue weighted by molar-refractivity contribution is 6.05. The van der Waals surface area contributed by atoms with Gasteiger partial charge in [-0.2, -0.15) is 0 Å². The van der Waals surface area contributed by atoms with E-state index in [0.29, 0.717) is 17.9 Å². The molecule has 0 aromatic heterocycles. The van der Waals surface area contributed by atoms with E-state index in [2.05, 4.69) is 10.6 Å². The first kappa shape index (κ1) is 15.2. The zero-order chi connectivity index (χ0) is 16.1. The summed E-state index contributed by atoms with van der Waals surface area (Å²) in [6.45, 7) is 0.623. The van der Waals surface area contributed by atoms with Gasteiger partial charge in [0.2, 0.25) is 0 Å². The lowest BCUT2D eigenvalue weighted by atomic mass is 10.1. The Bertz CT molecular complexity index is 694. The molecule has 2 N–H and O–H groups in total. The van der Waals surface area contributed by atoms with Gasteiger partial charge in [0, 0.05) is 23.5 Å². The van der Waals surface area contributed by atoms with Crippen LogP contribution in [0.2, 0.25) is 0 Å². The molecule has 0 radical (unpaired) electrons. The standard InChI is InChI=1S/C18H18N2O3/c21-17(19-14-7-2-1-3-8-14)13-6-4-9-15(12-13)20-18(22)16-10-5-11-23-16/h1-4,6-9,12,16H,5,10-11H2,(H,19,21)(H,20,22). The lowest BCUT2D eigenvalue weighted by Crippen LogP contribution is -2.27. The van der Waals surface area contributed by atoms with Crippen molar-refractivity contribution in [2.75, 3.05) is 17.2 Å². The largest absolute Gasteiger partial charge is 0.368 e. The number of benzene rings is 2. The predicted octanol–water partition coefficient (Wildman–Crippen LogP) is 3.06. The molecular weight excluding hydrogens is 292 g/mol. The zero-order valence-electron chi connectivity index (χ0n) is 12.6. The normalized spacial score (nSPS) is 16.8. The summed E-state index contributed by atoms with van der Waals surface area (Å²) in [5.41, 5.74) is 1.80. The van der Waals surface area contributed by atoms with Gasteiger partial charge in [0.25, 0.3) is 11.8 Å². The number of para-hydroxylation sites is 1. The van der Waals surface area contributed by atoms with Crippen LogP contribution in [0.3, 0.4) is 0 Å². The minimum absolute atomic E-state index is 0.164. The number of ether oxygens (including phenoxy) is 1. The highest BCUT2D eigenvalue weighted by atomic mass is 16.5. The summed E-state index contributed by atoms with van der Waals surface area (Å²) < 4.78 is 5.35. The average molecular weight is 310 g/mol. The van der Waals surface area contributed by atoms with Crippen molar-refractivity contribution in [3.8, 4) is 0 Å². The van der Waals surface area contributed by atoms with Crippen LogP contribution in [0.4, 0.5) is 11.4 Å². The van der Waals surface area contributed by atoms with E-state index in [4.69, 9.17) is 4.74 Å². The van der Waals surface area contributed by atoms with E-state index in [0.717, 1.165) is 18.5 Å². The zero-order valence-corrected chi connectivity index (χ0v) is 12.6. The highest BCUT2D eigenvalue weighted by Crippen LogP contribution is 2.17. The van der Waals surface area contributed by atoms with Crippen molar-refractivity contribution in [1.29, 1.82) is 0 Å². The summed E-state index contributed by atoms with van der Waals surface area (Å²) in [4.78, 5) is 24.3. The molecule has 2 aromatic rings. The number of nitrogens with one attached hydrogen (secondary N) is 2. The van der Waals surface area contributed by atoms with Crippen LogP contribution in [0.15, 0.2) is 54.6 Å². The maximum atomic E-state index is 12.3. The second kappa shape index (κ2) is 7.07. The third kappa shape index (κ3) is 3.96. The second-order valence-electron chi connectivity index (χ2n) is 5.39. The molecule has 1 atom stereocenters. The van der Waals surface area contributed by atoms with Crippen LogP contribution < -0.4 is 10.6 Å². The Labute approximate surface area is 134 Å². The van der Waals surface area contributed by atoms with Gasteiger partial charge in [-0.15, -0.1) is 0 Å². The predicted molar refractivity (Wildman–Crippen MR) is 88.4 cm³/mol. The number of anilines is 2. The van der Waals surface area contributed by atoms with Gasteiger partial charge in [-0.3, -0.25) is 9.59 Å². The van der Waals surface area contributed by atoms with Gasteiger partial charge in [-0.1, -0.05) is 24.3 Å². The molecule has 0 saturated carbocycles. The number of amides is 2. The fraction of sp³-hybridized carbons (Fsp3) is 0.222. The lowest BCUT2D eigenvalue weighted by molar-refractivity contribution is -0.124. The molecule has 1 heterocycles. The first-order valence-corrected chi connectivity index (χ1v) is 7.61. The van der Waals surface area contributed by atoms with Gasteiger partial charge in [-0.05, 0) is 43.2 Å². The van der Waals surface area contributed by atoms with Crippen molar-refractivity contribution >= 4 is 23.2 Å². The smallest absolute Gasteiger partial charge is 0.255 e. The summed E-state index contributed by atoms with van der Waals surface area (Å²) in [5, 5.41) is 5.62. The fourth-order valence-corrected chi connectivity index (χ4v) is 2.47. The van der Waals surface area contributed by atoms with Crippen molar-refractivity contribution in [3.05, 3.63) is 60.2 Å². The van der Waals surface area contributed by atoms with Gasteiger partial charge >= 0.3 is 0 Å². The van der Waals surface area contributed by atoms with Gasteiger partial charge in [0.05, 0.1) is 0 Å². The molecule has 0 aliphatic carbocycles. The molecule has 3 rings (SSSR count). The Morgan fingerprint density at radius 1 is 0.957 bits per heavy atom. The van der Waals surface area contributed by atoms with Gasteiger partial charge < -0.3 is 15.4 Å². The molecule has 1 saturated heterocycles. The van der Waals surface area contributed by atoms with E-state index in [1.54, 1.807) is 24.3 Å². The molecule has 1 unspecified atom stereocenters. The van der Waals surface area contributed by atoms with Gasteiger partial charge in [0.15, 0.2) is 0 Å². The van der Waals surface area contributed by atoms with Gasteiger partial charge in [-0.25, -0.2) is 0 Å². The number of hydrogen-bond acceptors (Lipinski definition) is 3. The Balaban J connectivity index is 1.67. The van der Waals surface area contributed by atoms with Crippen LogP contribution in [0.5, 0.6) is 0 Å². The maximum Gasteiger partial charge on any atom is 0.255 e. The van der Waals surface area contributed by atoms with Gasteiger partial charge in [0.1, 0.15) is 6.10 Å².